The van der Waals surface area contributed by atoms with Crippen molar-refractivity contribution in [2.45, 2.75) is 25.7 Å². The molecule has 1 saturated heterocycles. The van der Waals surface area contributed by atoms with Crippen molar-refractivity contribution in [3.63, 3.8) is 0 Å². The summed E-state index contributed by atoms with van der Waals surface area (Å²) in [6.45, 7) is 4.50. The number of piperidine rings is 1. The lowest BCUT2D eigenvalue weighted by atomic mass is 9.86. The average Bonchev–Trinajstić information content (AvgIpc) is 2.88. The Balaban J connectivity index is 1.86. The summed E-state index contributed by atoms with van der Waals surface area (Å²) in [5.41, 5.74) is 6.38. The Morgan fingerprint density at radius 2 is 1.89 bits per heavy atom. The first-order chi connectivity index (χ1) is 8.83. The number of benzene rings is 1. The summed E-state index contributed by atoms with van der Waals surface area (Å²) in [5, 5.41) is 7.85. The highest BCUT2D eigenvalue weighted by molar-refractivity contribution is 5.79. The van der Waals surface area contributed by atoms with Crippen molar-refractivity contribution in [2.24, 2.45) is 0 Å². The minimum atomic E-state index is 0.705. The normalized spacial score (nSPS) is 18.2. The molecule has 0 aliphatic carbocycles. The number of nitrogens with zero attached hydrogens (tertiary/aromatic N) is 2. The molecule has 3 aliphatic rings. The van der Waals surface area contributed by atoms with Crippen LogP contribution in [-0.2, 0) is 0 Å². The summed E-state index contributed by atoms with van der Waals surface area (Å²) in [5.74, 6) is 0.705. The molecule has 0 amide bonds. The SMILES string of the molecule is Cc1ccc(-c2n[nH]c3c2N2CCC3CC2)cc1. The first-order valence-corrected chi connectivity index (χ1v) is 6.73. The average molecular weight is 239 g/mol. The lowest BCUT2D eigenvalue weighted by molar-refractivity contribution is 0.466. The Labute approximate surface area is 107 Å². The maximum atomic E-state index is 4.57. The molecule has 92 valence electrons. The zero-order chi connectivity index (χ0) is 12.1. The van der Waals surface area contributed by atoms with Crippen LogP contribution in [0.1, 0.15) is 30.0 Å². The van der Waals surface area contributed by atoms with E-state index in [0.29, 0.717) is 5.92 Å². The van der Waals surface area contributed by atoms with E-state index in [0.717, 1.165) is 5.69 Å². The summed E-state index contributed by atoms with van der Waals surface area (Å²) in [6, 6.07) is 8.67. The van der Waals surface area contributed by atoms with Crippen molar-refractivity contribution in [1.29, 1.82) is 0 Å². The molecule has 2 aromatic rings. The van der Waals surface area contributed by atoms with Gasteiger partial charge in [-0.3, -0.25) is 5.10 Å². The Hall–Kier alpha value is -1.77. The first-order valence-electron chi connectivity index (χ1n) is 6.73. The fourth-order valence-electron chi connectivity index (χ4n) is 3.26. The van der Waals surface area contributed by atoms with E-state index in [4.69, 9.17) is 0 Å². The highest BCUT2D eigenvalue weighted by Crippen LogP contribution is 2.45. The lowest BCUT2D eigenvalue weighted by Gasteiger charge is -2.40. The van der Waals surface area contributed by atoms with Crippen LogP contribution < -0.4 is 4.90 Å². The number of aromatic amines is 1. The van der Waals surface area contributed by atoms with Gasteiger partial charge in [0.05, 0.1) is 11.4 Å². The van der Waals surface area contributed by atoms with Gasteiger partial charge in [0.25, 0.3) is 0 Å². The van der Waals surface area contributed by atoms with Crippen LogP contribution in [0.4, 0.5) is 5.69 Å². The number of anilines is 1. The van der Waals surface area contributed by atoms with Gasteiger partial charge in [-0.25, -0.2) is 0 Å². The van der Waals surface area contributed by atoms with Crippen LogP contribution >= 0.6 is 0 Å². The topological polar surface area (TPSA) is 31.9 Å². The minimum Gasteiger partial charge on any atom is -0.368 e. The molecule has 3 heteroatoms. The number of fused-ring (bicyclic) bond motifs is 2. The van der Waals surface area contributed by atoms with Gasteiger partial charge in [-0.1, -0.05) is 29.8 Å². The van der Waals surface area contributed by atoms with Gasteiger partial charge in [-0.2, -0.15) is 5.10 Å². The Bertz CT molecular complexity index is 574. The van der Waals surface area contributed by atoms with Crippen LogP contribution in [0.25, 0.3) is 11.3 Å². The van der Waals surface area contributed by atoms with E-state index < -0.39 is 0 Å². The van der Waals surface area contributed by atoms with E-state index in [1.807, 2.05) is 0 Å². The number of rotatable bonds is 1. The zero-order valence-corrected chi connectivity index (χ0v) is 10.6. The van der Waals surface area contributed by atoms with Crippen molar-refractivity contribution in [1.82, 2.24) is 10.2 Å². The molecule has 0 atom stereocenters. The number of hydrogen-bond donors (Lipinski definition) is 1. The number of H-pyrrole nitrogens is 1. The van der Waals surface area contributed by atoms with E-state index in [2.05, 4.69) is 46.3 Å². The molecule has 0 saturated carbocycles. The smallest absolute Gasteiger partial charge is 0.116 e. The standard InChI is InChI=1S/C15H17N3/c1-10-2-4-11(5-3-10)13-15-14(17-16-13)12-6-8-18(15)9-7-12/h2-5,12H,6-9H2,1H3,(H,16,17). The van der Waals surface area contributed by atoms with Crippen LogP contribution in [0.5, 0.6) is 0 Å². The number of nitrogens with one attached hydrogen (secondary N) is 1. The first kappa shape index (κ1) is 10.2. The third-order valence-electron chi connectivity index (χ3n) is 4.31. The van der Waals surface area contributed by atoms with E-state index >= 15 is 0 Å². The van der Waals surface area contributed by atoms with E-state index in [-0.39, 0.29) is 0 Å². The third-order valence-corrected chi connectivity index (χ3v) is 4.31. The summed E-state index contributed by atoms with van der Waals surface area (Å²) < 4.78 is 0. The maximum Gasteiger partial charge on any atom is 0.116 e. The fraction of sp³-hybridized carbons (Fsp3) is 0.400. The molecule has 3 aliphatic heterocycles. The number of aryl methyl sites for hydroxylation is 1. The molecule has 18 heavy (non-hydrogen) atoms. The molecule has 3 nitrogen and oxygen atoms in total. The van der Waals surface area contributed by atoms with Gasteiger partial charge in [-0.05, 0) is 19.8 Å². The highest BCUT2D eigenvalue weighted by atomic mass is 15.2. The van der Waals surface area contributed by atoms with Gasteiger partial charge < -0.3 is 4.90 Å². The van der Waals surface area contributed by atoms with Gasteiger partial charge in [0, 0.05) is 24.6 Å². The van der Waals surface area contributed by atoms with E-state index in [1.54, 1.807) is 0 Å². The summed E-state index contributed by atoms with van der Waals surface area (Å²) in [6.07, 6.45) is 2.56. The Morgan fingerprint density at radius 1 is 1.17 bits per heavy atom. The van der Waals surface area contributed by atoms with E-state index in [9.17, 15) is 0 Å². The second-order valence-corrected chi connectivity index (χ2v) is 5.46. The predicted molar refractivity (Wildman–Crippen MR) is 72.9 cm³/mol. The monoisotopic (exact) mass is 239 g/mol. The zero-order valence-electron chi connectivity index (χ0n) is 10.6. The summed E-state index contributed by atoms with van der Waals surface area (Å²) in [7, 11) is 0. The molecule has 0 radical (unpaired) electrons. The van der Waals surface area contributed by atoms with Crippen molar-refractivity contribution in [3.05, 3.63) is 35.5 Å². The maximum absolute atomic E-state index is 4.57. The largest absolute Gasteiger partial charge is 0.368 e. The molecular formula is C15H17N3. The molecule has 1 fully saturated rings. The van der Waals surface area contributed by atoms with Crippen LogP contribution in [0.2, 0.25) is 0 Å². The van der Waals surface area contributed by atoms with E-state index in [1.165, 1.54) is 48.4 Å². The van der Waals surface area contributed by atoms with Crippen LogP contribution in [0, 0.1) is 6.92 Å². The number of hydrogen-bond acceptors (Lipinski definition) is 2. The molecule has 2 bridgehead atoms. The second kappa shape index (κ2) is 3.61. The molecular weight excluding hydrogens is 222 g/mol. The second-order valence-electron chi connectivity index (χ2n) is 5.46. The molecule has 1 aromatic carbocycles. The molecule has 4 heterocycles. The van der Waals surface area contributed by atoms with Gasteiger partial charge in [-0.15, -0.1) is 0 Å². The minimum absolute atomic E-state index is 0.705. The molecule has 0 spiro atoms. The lowest BCUT2D eigenvalue weighted by Crippen LogP contribution is -2.38. The van der Waals surface area contributed by atoms with Crippen LogP contribution in [-0.4, -0.2) is 23.3 Å². The number of aromatic nitrogens is 2. The predicted octanol–water partition coefficient (Wildman–Crippen LogP) is 3.08. The van der Waals surface area contributed by atoms with Crippen molar-refractivity contribution >= 4 is 5.69 Å². The molecule has 1 N–H and O–H groups in total. The van der Waals surface area contributed by atoms with Gasteiger partial charge in [0.15, 0.2) is 0 Å². The quantitative estimate of drug-likeness (QED) is 0.829. The van der Waals surface area contributed by atoms with Crippen molar-refractivity contribution < 1.29 is 0 Å². The van der Waals surface area contributed by atoms with Crippen molar-refractivity contribution in [3.8, 4) is 11.3 Å². The summed E-state index contributed by atoms with van der Waals surface area (Å²) >= 11 is 0. The van der Waals surface area contributed by atoms with Crippen molar-refractivity contribution in [2.75, 3.05) is 18.0 Å². The van der Waals surface area contributed by atoms with Gasteiger partial charge >= 0.3 is 0 Å². The fourth-order valence-corrected chi connectivity index (χ4v) is 3.26. The van der Waals surface area contributed by atoms with Gasteiger partial charge in [0.2, 0.25) is 0 Å². The molecule has 1 aromatic heterocycles. The van der Waals surface area contributed by atoms with Crippen LogP contribution in [0.15, 0.2) is 24.3 Å². The molecule has 0 unspecified atom stereocenters. The van der Waals surface area contributed by atoms with Gasteiger partial charge in [0.1, 0.15) is 5.69 Å². The highest BCUT2D eigenvalue weighted by Gasteiger charge is 2.35. The third kappa shape index (κ3) is 1.33. The Kier molecular flexibility index (Phi) is 2.04. The van der Waals surface area contributed by atoms with Crippen LogP contribution in [0.3, 0.4) is 0 Å². The Morgan fingerprint density at radius 3 is 2.61 bits per heavy atom. The molecule has 5 rings (SSSR count). The summed E-state index contributed by atoms with van der Waals surface area (Å²) in [4.78, 5) is 2.49.